The number of nitrogens with zero attached hydrogens (tertiary/aromatic N) is 4. The van der Waals surface area contributed by atoms with Crippen molar-refractivity contribution >= 4 is 27.3 Å². The third-order valence-corrected chi connectivity index (χ3v) is 4.07. The molecule has 10 nitrogen and oxygen atoms in total. The van der Waals surface area contributed by atoms with Crippen LogP contribution in [0.2, 0.25) is 0 Å². The molecule has 0 spiro atoms. The lowest BCUT2D eigenvalue weighted by molar-refractivity contribution is -0.383. The van der Waals surface area contributed by atoms with Gasteiger partial charge in [-0.1, -0.05) is 0 Å². The van der Waals surface area contributed by atoms with Gasteiger partial charge in [-0.2, -0.15) is 0 Å². The highest BCUT2D eigenvalue weighted by Crippen LogP contribution is 2.25. The predicted octanol–water partition coefficient (Wildman–Crippen LogP) is -0.730. The maximum absolute atomic E-state index is 11.5. The average Bonchev–Trinajstić information content (AvgIpc) is 2.27. The molecule has 0 aliphatic heterocycles. The standard InChI is InChI=1S/C8H14N6O4S/c1-13(2)19(17,18)4-3-10-8-6(14(15)16)7(9)11-5-12-8/h5H,3-4H2,1-2H3,(H3,9,10,11,12). The topological polar surface area (TPSA) is 144 Å². The van der Waals surface area contributed by atoms with Gasteiger partial charge in [0, 0.05) is 20.6 Å². The second-order valence-electron chi connectivity index (χ2n) is 3.74. The number of nitro groups is 1. The van der Waals surface area contributed by atoms with Crippen molar-refractivity contribution < 1.29 is 13.3 Å². The van der Waals surface area contributed by atoms with Gasteiger partial charge in [0.05, 0.1) is 10.7 Å². The molecule has 0 saturated heterocycles. The van der Waals surface area contributed by atoms with Gasteiger partial charge < -0.3 is 11.1 Å². The van der Waals surface area contributed by atoms with Crippen molar-refractivity contribution in [1.29, 1.82) is 0 Å². The normalized spacial score (nSPS) is 11.5. The number of nitrogens with two attached hydrogens (primary N) is 1. The number of rotatable bonds is 6. The van der Waals surface area contributed by atoms with E-state index in [0.29, 0.717) is 0 Å². The summed E-state index contributed by atoms with van der Waals surface area (Å²) < 4.78 is 24.1. The third kappa shape index (κ3) is 3.72. The predicted molar refractivity (Wildman–Crippen MR) is 69.1 cm³/mol. The van der Waals surface area contributed by atoms with E-state index in [2.05, 4.69) is 15.3 Å². The van der Waals surface area contributed by atoms with Gasteiger partial charge in [-0.3, -0.25) is 10.1 Å². The molecule has 1 heterocycles. The summed E-state index contributed by atoms with van der Waals surface area (Å²) in [5.41, 5.74) is 4.90. The lowest BCUT2D eigenvalue weighted by Gasteiger charge is -2.11. The van der Waals surface area contributed by atoms with E-state index in [1.165, 1.54) is 14.1 Å². The lowest BCUT2D eigenvalue weighted by Crippen LogP contribution is -2.28. The van der Waals surface area contributed by atoms with Crippen LogP contribution < -0.4 is 11.1 Å². The molecule has 0 bridgehead atoms. The van der Waals surface area contributed by atoms with E-state index in [1.54, 1.807) is 0 Å². The van der Waals surface area contributed by atoms with Gasteiger partial charge in [-0.25, -0.2) is 22.7 Å². The Balaban J connectivity index is 2.80. The zero-order chi connectivity index (χ0) is 14.6. The third-order valence-electron chi connectivity index (χ3n) is 2.24. The smallest absolute Gasteiger partial charge is 0.352 e. The van der Waals surface area contributed by atoms with Gasteiger partial charge in [0.1, 0.15) is 6.33 Å². The van der Waals surface area contributed by atoms with Crippen LogP contribution in [0.5, 0.6) is 0 Å². The summed E-state index contributed by atoms with van der Waals surface area (Å²) in [6.45, 7) is -0.0300. The van der Waals surface area contributed by atoms with Crippen molar-refractivity contribution in [3.05, 3.63) is 16.4 Å². The van der Waals surface area contributed by atoms with E-state index >= 15 is 0 Å². The minimum atomic E-state index is -3.39. The number of nitrogen functional groups attached to an aromatic ring is 1. The van der Waals surface area contributed by atoms with Gasteiger partial charge in [0.25, 0.3) is 0 Å². The molecule has 0 saturated carbocycles. The van der Waals surface area contributed by atoms with Crippen LogP contribution in [-0.4, -0.2) is 54.0 Å². The highest BCUT2D eigenvalue weighted by atomic mass is 32.2. The molecule has 0 unspecified atom stereocenters. The minimum Gasteiger partial charge on any atom is -0.378 e. The summed E-state index contributed by atoms with van der Waals surface area (Å²) in [5, 5.41) is 13.4. The molecule has 0 aliphatic carbocycles. The van der Waals surface area contributed by atoms with Crippen LogP contribution in [0.15, 0.2) is 6.33 Å². The summed E-state index contributed by atoms with van der Waals surface area (Å²) in [6.07, 6.45) is 1.06. The first kappa shape index (κ1) is 15.0. The molecule has 0 fully saturated rings. The Morgan fingerprint density at radius 3 is 2.63 bits per heavy atom. The van der Waals surface area contributed by atoms with Crippen LogP contribution in [0.3, 0.4) is 0 Å². The van der Waals surface area contributed by atoms with E-state index in [0.717, 1.165) is 10.6 Å². The zero-order valence-corrected chi connectivity index (χ0v) is 11.2. The number of anilines is 2. The summed E-state index contributed by atoms with van der Waals surface area (Å²) >= 11 is 0. The van der Waals surface area contributed by atoms with E-state index in [-0.39, 0.29) is 23.9 Å². The van der Waals surface area contributed by atoms with Crippen LogP contribution >= 0.6 is 0 Å². The van der Waals surface area contributed by atoms with Gasteiger partial charge >= 0.3 is 5.69 Å². The Morgan fingerprint density at radius 1 is 1.47 bits per heavy atom. The van der Waals surface area contributed by atoms with Crippen molar-refractivity contribution in [1.82, 2.24) is 14.3 Å². The quantitative estimate of drug-likeness (QED) is 0.515. The maximum atomic E-state index is 11.5. The number of nitrogens with one attached hydrogen (secondary N) is 1. The van der Waals surface area contributed by atoms with Crippen molar-refractivity contribution in [3.8, 4) is 0 Å². The van der Waals surface area contributed by atoms with Crippen LogP contribution in [0, 0.1) is 10.1 Å². The largest absolute Gasteiger partial charge is 0.378 e. The molecule has 1 aromatic heterocycles. The molecular weight excluding hydrogens is 276 g/mol. The number of sulfonamides is 1. The molecule has 0 atom stereocenters. The summed E-state index contributed by atoms with van der Waals surface area (Å²) in [4.78, 5) is 17.2. The second kappa shape index (κ2) is 5.75. The molecule has 11 heteroatoms. The fourth-order valence-electron chi connectivity index (χ4n) is 1.18. The molecule has 106 valence electrons. The summed E-state index contributed by atoms with van der Waals surface area (Å²) in [5.74, 6) is -0.606. The van der Waals surface area contributed by atoms with Gasteiger partial charge in [0.2, 0.25) is 21.7 Å². The van der Waals surface area contributed by atoms with Crippen LogP contribution in [-0.2, 0) is 10.0 Å². The lowest BCUT2D eigenvalue weighted by atomic mass is 10.4. The number of hydrogen-bond acceptors (Lipinski definition) is 8. The maximum Gasteiger partial charge on any atom is 0.352 e. The molecule has 1 aromatic rings. The van der Waals surface area contributed by atoms with Crippen molar-refractivity contribution in [3.63, 3.8) is 0 Å². The first-order valence-electron chi connectivity index (χ1n) is 5.14. The Kier molecular flexibility index (Phi) is 4.56. The minimum absolute atomic E-state index is 0.0300. The summed E-state index contributed by atoms with van der Waals surface area (Å²) in [7, 11) is -0.579. The highest BCUT2D eigenvalue weighted by molar-refractivity contribution is 7.89. The molecule has 1 rings (SSSR count). The van der Waals surface area contributed by atoms with Gasteiger partial charge in [-0.15, -0.1) is 0 Å². The molecule has 0 aromatic carbocycles. The van der Waals surface area contributed by atoms with Crippen LogP contribution in [0.4, 0.5) is 17.3 Å². The average molecular weight is 290 g/mol. The van der Waals surface area contributed by atoms with E-state index in [4.69, 9.17) is 5.73 Å². The van der Waals surface area contributed by atoms with Gasteiger partial charge in [0.15, 0.2) is 0 Å². The SMILES string of the molecule is CN(C)S(=O)(=O)CCNc1ncnc(N)c1[N+](=O)[O-]. The number of hydrogen-bond donors (Lipinski definition) is 2. The Hall–Kier alpha value is -2.01. The fourth-order valence-corrected chi connectivity index (χ4v) is 1.91. The van der Waals surface area contributed by atoms with E-state index in [1.807, 2.05) is 0 Å². The highest BCUT2D eigenvalue weighted by Gasteiger charge is 2.21. The first-order valence-corrected chi connectivity index (χ1v) is 6.75. The van der Waals surface area contributed by atoms with Crippen molar-refractivity contribution in [2.45, 2.75) is 0 Å². The first-order chi connectivity index (χ1) is 8.75. The Labute approximate surface area is 109 Å². The van der Waals surface area contributed by atoms with Gasteiger partial charge in [-0.05, 0) is 0 Å². The Bertz CT molecular complexity index is 573. The zero-order valence-electron chi connectivity index (χ0n) is 10.4. The Morgan fingerprint density at radius 2 is 2.11 bits per heavy atom. The van der Waals surface area contributed by atoms with Crippen LogP contribution in [0.25, 0.3) is 0 Å². The number of aromatic nitrogens is 2. The van der Waals surface area contributed by atoms with Crippen LogP contribution in [0.1, 0.15) is 0 Å². The molecule has 0 aliphatic rings. The fraction of sp³-hybridized carbons (Fsp3) is 0.500. The second-order valence-corrected chi connectivity index (χ2v) is 6.04. The van der Waals surface area contributed by atoms with E-state index < -0.39 is 20.6 Å². The molecule has 19 heavy (non-hydrogen) atoms. The molecular formula is C8H14N6O4S. The van der Waals surface area contributed by atoms with E-state index in [9.17, 15) is 18.5 Å². The summed E-state index contributed by atoms with van der Waals surface area (Å²) in [6, 6.07) is 0. The molecule has 0 radical (unpaired) electrons. The molecule has 0 amide bonds. The monoisotopic (exact) mass is 290 g/mol. The van der Waals surface area contributed by atoms with Crippen molar-refractivity contribution in [2.75, 3.05) is 37.4 Å². The molecule has 3 N–H and O–H groups in total. The van der Waals surface area contributed by atoms with Crippen molar-refractivity contribution in [2.24, 2.45) is 0 Å².